The number of pyridine rings is 1. The van der Waals surface area contributed by atoms with Crippen molar-refractivity contribution in [2.45, 2.75) is 39.2 Å². The highest BCUT2D eigenvalue weighted by molar-refractivity contribution is 5.80. The predicted octanol–water partition coefficient (Wildman–Crippen LogP) is 4.13. The summed E-state index contributed by atoms with van der Waals surface area (Å²) in [6.07, 6.45) is 7.21. The Balaban J connectivity index is 1.47. The van der Waals surface area contributed by atoms with Gasteiger partial charge in [-0.1, -0.05) is 30.7 Å². The van der Waals surface area contributed by atoms with Crippen molar-refractivity contribution in [2.24, 2.45) is 17.8 Å². The molecule has 0 spiro atoms. The molecule has 4 heteroatoms. The van der Waals surface area contributed by atoms with Gasteiger partial charge in [-0.25, -0.2) is 0 Å². The molecule has 0 unspecified atom stereocenters. The van der Waals surface area contributed by atoms with Gasteiger partial charge in [0.2, 0.25) is 5.91 Å². The van der Waals surface area contributed by atoms with Crippen LogP contribution >= 0.6 is 0 Å². The van der Waals surface area contributed by atoms with Gasteiger partial charge in [-0.2, -0.15) is 0 Å². The third-order valence-corrected chi connectivity index (χ3v) is 7.24. The molecule has 1 aliphatic carbocycles. The topological polar surface area (TPSA) is 36.4 Å². The quantitative estimate of drug-likeness (QED) is 0.809. The second-order valence-corrected chi connectivity index (χ2v) is 8.91. The van der Waals surface area contributed by atoms with Crippen molar-refractivity contribution in [3.8, 4) is 0 Å². The van der Waals surface area contributed by atoms with Gasteiger partial charge in [0.25, 0.3) is 0 Å². The molecule has 3 aliphatic rings. The molecule has 4 nitrogen and oxygen atoms in total. The number of carbonyl (C=O) groups is 1. The van der Waals surface area contributed by atoms with E-state index in [-0.39, 0.29) is 12.0 Å². The van der Waals surface area contributed by atoms with E-state index in [4.69, 9.17) is 0 Å². The molecule has 3 atom stereocenters. The van der Waals surface area contributed by atoms with Crippen molar-refractivity contribution in [1.82, 2.24) is 9.88 Å². The number of hydrogen-bond acceptors (Lipinski definition) is 3. The summed E-state index contributed by atoms with van der Waals surface area (Å²) in [6, 6.07) is 11.0. The van der Waals surface area contributed by atoms with Crippen molar-refractivity contribution < 1.29 is 4.79 Å². The summed E-state index contributed by atoms with van der Waals surface area (Å²) >= 11 is 0. The third-order valence-electron chi connectivity index (χ3n) is 7.24. The Hall–Kier alpha value is -2.36. The number of nitrogens with zero attached hydrogens (tertiary/aromatic N) is 3. The van der Waals surface area contributed by atoms with Crippen LogP contribution in [0, 0.1) is 31.6 Å². The Labute approximate surface area is 167 Å². The summed E-state index contributed by atoms with van der Waals surface area (Å²) in [6.45, 7) is 7.28. The number of benzene rings is 1. The molecule has 0 N–H and O–H groups in total. The summed E-state index contributed by atoms with van der Waals surface area (Å²) in [5, 5.41) is 0. The maximum atomic E-state index is 13.3. The molecular weight excluding hydrogens is 346 g/mol. The first-order chi connectivity index (χ1) is 13.6. The molecule has 3 heterocycles. The number of likely N-dealkylation sites (tertiary alicyclic amines) is 1. The lowest BCUT2D eigenvalue weighted by Crippen LogP contribution is -2.41. The van der Waals surface area contributed by atoms with Gasteiger partial charge in [0, 0.05) is 55.5 Å². The lowest BCUT2D eigenvalue weighted by Gasteiger charge is -2.36. The third kappa shape index (κ3) is 2.81. The van der Waals surface area contributed by atoms with Crippen LogP contribution in [0.3, 0.4) is 0 Å². The Morgan fingerprint density at radius 2 is 1.86 bits per heavy atom. The second-order valence-electron chi connectivity index (χ2n) is 8.91. The van der Waals surface area contributed by atoms with E-state index in [2.05, 4.69) is 59.0 Å². The molecule has 0 radical (unpaired) electrons. The fraction of sp³-hybridized carbons (Fsp3) is 0.500. The minimum atomic E-state index is 0.214. The Bertz CT molecular complexity index is 891. The van der Waals surface area contributed by atoms with Crippen LogP contribution in [0.4, 0.5) is 5.69 Å². The molecule has 3 fully saturated rings. The van der Waals surface area contributed by atoms with E-state index in [1.165, 1.54) is 28.8 Å². The van der Waals surface area contributed by atoms with Crippen LogP contribution in [-0.4, -0.2) is 35.4 Å². The molecule has 28 heavy (non-hydrogen) atoms. The molecule has 0 bridgehead atoms. The number of aromatic nitrogens is 1. The number of carbonyl (C=O) groups excluding carboxylic acids is 1. The molecule has 5 rings (SSSR count). The average Bonchev–Trinajstić information content (AvgIpc) is 3.19. The smallest absolute Gasteiger partial charge is 0.226 e. The molecular formula is C24H29N3O. The van der Waals surface area contributed by atoms with Gasteiger partial charge in [0.1, 0.15) is 0 Å². The van der Waals surface area contributed by atoms with Crippen LogP contribution in [0.5, 0.6) is 0 Å². The first-order valence-electron chi connectivity index (χ1n) is 10.6. The fourth-order valence-corrected chi connectivity index (χ4v) is 5.50. The van der Waals surface area contributed by atoms with E-state index in [0.717, 1.165) is 32.5 Å². The monoisotopic (exact) mass is 375 g/mol. The van der Waals surface area contributed by atoms with Crippen LogP contribution in [-0.2, 0) is 4.79 Å². The molecule has 1 aromatic heterocycles. The van der Waals surface area contributed by atoms with Crippen molar-refractivity contribution in [1.29, 1.82) is 0 Å². The van der Waals surface area contributed by atoms with E-state index in [1.54, 1.807) is 0 Å². The Morgan fingerprint density at radius 3 is 2.57 bits per heavy atom. The molecule has 2 aliphatic heterocycles. The first kappa shape index (κ1) is 17.7. The molecule has 146 valence electrons. The van der Waals surface area contributed by atoms with Crippen LogP contribution in [0.1, 0.15) is 42.0 Å². The normalized spacial score (nSPS) is 27.0. The molecule has 2 aromatic rings. The zero-order chi connectivity index (χ0) is 19.3. The number of aryl methyl sites for hydroxylation is 2. The van der Waals surface area contributed by atoms with Crippen molar-refractivity contribution >= 4 is 11.6 Å². The average molecular weight is 376 g/mol. The summed E-state index contributed by atoms with van der Waals surface area (Å²) in [5.41, 5.74) is 5.18. The molecule has 2 saturated heterocycles. The Morgan fingerprint density at radius 1 is 1.04 bits per heavy atom. The number of anilines is 1. The SMILES string of the molecule is Cc1ccccc1[C@@H]1[C@H]2CN(c3ccncc3C)C[C@H]2CN1C(=O)C1CCC1. The number of hydrogen-bond donors (Lipinski definition) is 0. The standard InChI is InChI=1S/C24H29N3O/c1-16-6-3-4-9-20(16)23-21-15-26(22-10-11-25-12-17(22)2)13-19(21)14-27(23)24(28)18-7-5-8-18/h3-4,6,9-12,18-19,21,23H,5,7-8,13-15H2,1-2H3/t19-,21-,23+/m0/s1. The minimum Gasteiger partial charge on any atom is -0.370 e. The van der Waals surface area contributed by atoms with Gasteiger partial charge >= 0.3 is 0 Å². The van der Waals surface area contributed by atoms with E-state index in [0.29, 0.717) is 17.7 Å². The van der Waals surface area contributed by atoms with Gasteiger partial charge in [0.05, 0.1) is 6.04 Å². The van der Waals surface area contributed by atoms with E-state index in [1.807, 2.05) is 12.4 Å². The number of fused-ring (bicyclic) bond motifs is 1. The van der Waals surface area contributed by atoms with Crippen molar-refractivity contribution in [3.05, 3.63) is 59.4 Å². The minimum absolute atomic E-state index is 0.214. The van der Waals surface area contributed by atoms with Crippen LogP contribution < -0.4 is 4.90 Å². The fourth-order valence-electron chi connectivity index (χ4n) is 5.50. The highest BCUT2D eigenvalue weighted by Gasteiger charge is 2.50. The van der Waals surface area contributed by atoms with E-state index in [9.17, 15) is 4.79 Å². The highest BCUT2D eigenvalue weighted by atomic mass is 16.2. The lowest BCUT2D eigenvalue weighted by molar-refractivity contribution is -0.139. The van der Waals surface area contributed by atoms with Crippen LogP contribution in [0.25, 0.3) is 0 Å². The van der Waals surface area contributed by atoms with Crippen LogP contribution in [0.15, 0.2) is 42.7 Å². The Kier molecular flexibility index (Phi) is 4.37. The maximum Gasteiger partial charge on any atom is 0.226 e. The largest absolute Gasteiger partial charge is 0.370 e. The maximum absolute atomic E-state index is 13.3. The highest BCUT2D eigenvalue weighted by Crippen LogP contribution is 2.48. The van der Waals surface area contributed by atoms with Gasteiger partial charge in [-0.15, -0.1) is 0 Å². The predicted molar refractivity (Wildman–Crippen MR) is 111 cm³/mol. The van der Waals surface area contributed by atoms with E-state index >= 15 is 0 Å². The summed E-state index contributed by atoms with van der Waals surface area (Å²) < 4.78 is 0. The van der Waals surface area contributed by atoms with Crippen molar-refractivity contribution in [2.75, 3.05) is 24.5 Å². The summed E-state index contributed by atoms with van der Waals surface area (Å²) in [4.78, 5) is 22.3. The van der Waals surface area contributed by atoms with Gasteiger partial charge in [-0.05, 0) is 49.4 Å². The number of rotatable bonds is 3. The molecule has 1 aromatic carbocycles. The zero-order valence-corrected chi connectivity index (χ0v) is 16.8. The summed E-state index contributed by atoms with van der Waals surface area (Å²) in [7, 11) is 0. The molecule has 1 saturated carbocycles. The summed E-state index contributed by atoms with van der Waals surface area (Å²) in [5.74, 6) is 1.71. The van der Waals surface area contributed by atoms with Crippen LogP contribution in [0.2, 0.25) is 0 Å². The molecule has 1 amide bonds. The van der Waals surface area contributed by atoms with Crippen molar-refractivity contribution in [3.63, 3.8) is 0 Å². The zero-order valence-electron chi connectivity index (χ0n) is 16.8. The first-order valence-corrected chi connectivity index (χ1v) is 10.6. The lowest BCUT2D eigenvalue weighted by atomic mass is 9.83. The van der Waals surface area contributed by atoms with Gasteiger partial charge < -0.3 is 9.80 Å². The number of amides is 1. The van der Waals surface area contributed by atoms with Gasteiger partial charge in [0.15, 0.2) is 0 Å². The second kappa shape index (κ2) is 6.91. The van der Waals surface area contributed by atoms with E-state index < -0.39 is 0 Å². The van der Waals surface area contributed by atoms with Gasteiger partial charge in [-0.3, -0.25) is 9.78 Å².